The van der Waals surface area contributed by atoms with Crippen molar-refractivity contribution in [2.75, 3.05) is 31.1 Å². The van der Waals surface area contributed by atoms with Crippen molar-refractivity contribution in [2.45, 2.75) is 63.8 Å². The maximum Gasteiger partial charge on any atom is 0.282 e. The highest BCUT2D eigenvalue weighted by Gasteiger charge is 2.45. The molecule has 1 aromatic heterocycles. The largest absolute Gasteiger partial charge is 0.336 e. The summed E-state index contributed by atoms with van der Waals surface area (Å²) in [6.45, 7) is 2.58. The van der Waals surface area contributed by atoms with Crippen molar-refractivity contribution in [2.24, 2.45) is 11.8 Å². The fourth-order valence-corrected chi connectivity index (χ4v) is 6.58. The number of alkyl halides is 2. The molecule has 2 aliphatic heterocycles. The third-order valence-corrected chi connectivity index (χ3v) is 8.71. The van der Waals surface area contributed by atoms with Crippen molar-refractivity contribution in [3.05, 3.63) is 46.5 Å². The van der Waals surface area contributed by atoms with Crippen LogP contribution in [0.5, 0.6) is 0 Å². The first-order valence-electron chi connectivity index (χ1n) is 12.3. The van der Waals surface area contributed by atoms with E-state index in [1.54, 1.807) is 16.2 Å². The Hall–Kier alpha value is -1.86. The van der Waals surface area contributed by atoms with Gasteiger partial charge in [0.1, 0.15) is 5.78 Å². The molecule has 0 spiro atoms. The number of Topliss-reactive ketones (excluding diaryl/α,β-unsaturated/α-hetero) is 1. The fraction of sp³-hybridized carbons (Fsp3) is 0.615. The molecule has 1 saturated heterocycles. The summed E-state index contributed by atoms with van der Waals surface area (Å²) in [4.78, 5) is 22.6. The smallest absolute Gasteiger partial charge is 0.282 e. The number of carbonyl (C=O) groups excluding carboxylic acids is 1. The summed E-state index contributed by atoms with van der Waals surface area (Å²) in [6, 6.07) is 10.1. The number of halogens is 2. The van der Waals surface area contributed by atoms with Crippen molar-refractivity contribution in [1.29, 1.82) is 0 Å². The van der Waals surface area contributed by atoms with Gasteiger partial charge in [0.15, 0.2) is 5.13 Å². The lowest BCUT2D eigenvalue weighted by Gasteiger charge is -2.38. The minimum Gasteiger partial charge on any atom is -0.336 e. The number of aromatic nitrogens is 1. The summed E-state index contributed by atoms with van der Waals surface area (Å²) in [7, 11) is 0. The van der Waals surface area contributed by atoms with E-state index in [9.17, 15) is 13.6 Å². The molecule has 1 aliphatic carbocycles. The lowest BCUT2D eigenvalue weighted by atomic mass is 9.78. The number of hydrogen-bond donors (Lipinski definition) is 0. The average Bonchev–Trinajstić information content (AvgIpc) is 3.21. The standard InChI is InChI=1S/C26H33F2N3OS/c27-26(28)17-31(18-26)25-29-23-16-30(13-11-24(23)33-25)12-10-19-6-8-21(9-7-19)15-22(32)14-20-4-2-1-3-5-20/h1-5,19,21H,6-18H2. The molecular formula is C26H33F2N3OS. The van der Waals surface area contributed by atoms with Gasteiger partial charge in [-0.15, -0.1) is 11.3 Å². The van der Waals surface area contributed by atoms with Crippen molar-refractivity contribution in [3.63, 3.8) is 0 Å². The molecule has 0 unspecified atom stereocenters. The van der Waals surface area contributed by atoms with Crippen LogP contribution in [-0.4, -0.2) is 47.8 Å². The van der Waals surface area contributed by atoms with Crippen molar-refractivity contribution >= 4 is 22.3 Å². The molecule has 1 aromatic carbocycles. The number of carbonyl (C=O) groups is 1. The van der Waals surface area contributed by atoms with Crippen LogP contribution in [0.4, 0.5) is 13.9 Å². The Morgan fingerprint density at radius 1 is 1.09 bits per heavy atom. The highest BCUT2D eigenvalue weighted by atomic mass is 32.1. The Balaban J connectivity index is 1.02. The summed E-state index contributed by atoms with van der Waals surface area (Å²) in [5.41, 5.74) is 2.22. The van der Waals surface area contributed by atoms with Crippen molar-refractivity contribution < 1.29 is 13.6 Å². The van der Waals surface area contributed by atoms with E-state index in [2.05, 4.69) is 9.88 Å². The topological polar surface area (TPSA) is 36.4 Å². The number of nitrogens with zero attached hydrogens (tertiary/aromatic N) is 3. The van der Waals surface area contributed by atoms with Crippen molar-refractivity contribution in [3.8, 4) is 0 Å². The maximum atomic E-state index is 13.2. The third-order valence-electron chi connectivity index (χ3n) is 7.49. The zero-order valence-electron chi connectivity index (χ0n) is 19.1. The first-order chi connectivity index (χ1) is 15.9. The molecule has 5 rings (SSSR count). The Bertz CT molecular complexity index is 948. The van der Waals surface area contributed by atoms with Crippen LogP contribution in [0.1, 0.15) is 54.7 Å². The van der Waals surface area contributed by atoms with Gasteiger partial charge >= 0.3 is 0 Å². The van der Waals surface area contributed by atoms with Crippen LogP contribution in [0, 0.1) is 11.8 Å². The van der Waals surface area contributed by atoms with E-state index in [0.29, 0.717) is 18.1 Å². The van der Waals surface area contributed by atoms with Crippen LogP contribution in [0.2, 0.25) is 0 Å². The quantitative estimate of drug-likeness (QED) is 0.518. The molecule has 178 valence electrons. The van der Waals surface area contributed by atoms with Crippen LogP contribution in [-0.2, 0) is 24.2 Å². The normalized spacial score (nSPS) is 24.8. The Morgan fingerprint density at radius 2 is 1.82 bits per heavy atom. The van der Waals surface area contributed by atoms with E-state index in [4.69, 9.17) is 0 Å². The molecule has 0 radical (unpaired) electrons. The summed E-state index contributed by atoms with van der Waals surface area (Å²) < 4.78 is 26.4. The van der Waals surface area contributed by atoms with Gasteiger partial charge in [-0.2, -0.15) is 0 Å². The molecule has 3 aliphatic rings. The molecule has 0 atom stereocenters. The monoisotopic (exact) mass is 473 g/mol. The van der Waals surface area contributed by atoms with Crippen LogP contribution in [0.3, 0.4) is 0 Å². The van der Waals surface area contributed by atoms with Crippen LogP contribution in [0.15, 0.2) is 30.3 Å². The maximum absolute atomic E-state index is 13.2. The number of fused-ring (bicyclic) bond motifs is 1. The molecule has 0 bridgehead atoms. The Morgan fingerprint density at radius 3 is 2.55 bits per heavy atom. The van der Waals surface area contributed by atoms with Gasteiger partial charge in [-0.25, -0.2) is 13.8 Å². The van der Waals surface area contributed by atoms with Gasteiger partial charge < -0.3 is 4.90 Å². The number of rotatable bonds is 8. The number of anilines is 1. The highest BCUT2D eigenvalue weighted by Crippen LogP contribution is 2.38. The summed E-state index contributed by atoms with van der Waals surface area (Å²) in [6.07, 6.45) is 8.28. The van der Waals surface area contributed by atoms with Gasteiger partial charge in [0.25, 0.3) is 5.92 Å². The van der Waals surface area contributed by atoms with Gasteiger partial charge in [-0.05, 0) is 49.6 Å². The molecule has 7 heteroatoms. The molecular weight excluding hydrogens is 440 g/mol. The van der Waals surface area contributed by atoms with E-state index >= 15 is 0 Å². The molecule has 2 aromatic rings. The van der Waals surface area contributed by atoms with Crippen LogP contribution >= 0.6 is 11.3 Å². The molecule has 4 nitrogen and oxygen atoms in total. The van der Waals surface area contributed by atoms with Gasteiger partial charge in [-0.3, -0.25) is 9.69 Å². The Labute approximate surface area is 199 Å². The summed E-state index contributed by atoms with van der Waals surface area (Å²) in [5, 5.41) is 0.771. The number of ketones is 1. The van der Waals surface area contributed by atoms with E-state index in [0.717, 1.165) is 54.8 Å². The molecule has 0 N–H and O–H groups in total. The minimum atomic E-state index is -2.55. The first-order valence-corrected chi connectivity index (χ1v) is 13.1. The predicted molar refractivity (Wildman–Crippen MR) is 128 cm³/mol. The molecule has 1 saturated carbocycles. The second kappa shape index (κ2) is 9.79. The van der Waals surface area contributed by atoms with Crippen LogP contribution in [0.25, 0.3) is 0 Å². The predicted octanol–water partition coefficient (Wildman–Crippen LogP) is 5.35. The first kappa shape index (κ1) is 22.9. The second-order valence-electron chi connectivity index (χ2n) is 10.2. The second-order valence-corrected chi connectivity index (χ2v) is 11.2. The molecule has 3 heterocycles. The molecule has 2 fully saturated rings. The number of hydrogen-bond acceptors (Lipinski definition) is 5. The SMILES string of the molecule is O=C(Cc1ccccc1)CC1CCC(CCN2CCc3sc(N4CC(F)(F)C4)nc3C2)CC1. The lowest BCUT2D eigenvalue weighted by Crippen LogP contribution is -2.56. The fourth-order valence-electron chi connectivity index (χ4n) is 5.52. The van der Waals surface area contributed by atoms with Gasteiger partial charge in [0, 0.05) is 30.8 Å². The number of thiazole rings is 1. The van der Waals surface area contributed by atoms with Gasteiger partial charge in [0.05, 0.1) is 18.8 Å². The zero-order valence-corrected chi connectivity index (χ0v) is 20.0. The number of benzene rings is 1. The molecule has 0 amide bonds. The van der Waals surface area contributed by atoms with Gasteiger partial charge in [0.2, 0.25) is 0 Å². The van der Waals surface area contributed by atoms with E-state index in [-0.39, 0.29) is 13.1 Å². The van der Waals surface area contributed by atoms with E-state index < -0.39 is 5.92 Å². The van der Waals surface area contributed by atoms with E-state index in [1.807, 2.05) is 30.3 Å². The van der Waals surface area contributed by atoms with Crippen molar-refractivity contribution in [1.82, 2.24) is 9.88 Å². The zero-order chi connectivity index (χ0) is 22.8. The third kappa shape index (κ3) is 5.80. The summed E-state index contributed by atoms with van der Waals surface area (Å²) in [5.74, 6) is -0.872. The highest BCUT2D eigenvalue weighted by molar-refractivity contribution is 7.15. The van der Waals surface area contributed by atoms with Gasteiger partial charge in [-0.1, -0.05) is 43.2 Å². The Kier molecular flexibility index (Phi) is 6.79. The minimum absolute atomic E-state index is 0.191. The molecule has 33 heavy (non-hydrogen) atoms. The van der Waals surface area contributed by atoms with Crippen LogP contribution < -0.4 is 4.90 Å². The average molecular weight is 474 g/mol. The lowest BCUT2D eigenvalue weighted by molar-refractivity contribution is -0.119. The summed E-state index contributed by atoms with van der Waals surface area (Å²) >= 11 is 1.60. The van der Waals surface area contributed by atoms with E-state index in [1.165, 1.54) is 37.0 Å².